The van der Waals surface area contributed by atoms with Gasteiger partial charge in [0, 0.05) is 18.6 Å². The normalized spacial score (nSPS) is 13.2. The maximum absolute atomic E-state index is 13.2. The molecule has 0 aromatic heterocycles. The lowest BCUT2D eigenvalue weighted by Gasteiger charge is -2.20. The first-order valence-corrected chi connectivity index (χ1v) is 5.33. The topological polar surface area (TPSA) is 38.0 Å². The van der Waals surface area contributed by atoms with Crippen molar-refractivity contribution in [3.8, 4) is 0 Å². The fraction of sp³-hybridized carbons (Fsp3) is 0.455. The molecule has 1 rings (SSSR count). The Kier molecular flexibility index (Phi) is 4.51. The van der Waals surface area contributed by atoms with E-state index in [9.17, 15) is 4.39 Å². The Labute approximate surface area is 94.6 Å². The van der Waals surface area contributed by atoms with Gasteiger partial charge in [-0.15, -0.1) is 0 Å². The summed E-state index contributed by atoms with van der Waals surface area (Å²) in [5.74, 6) is -0.404. The van der Waals surface area contributed by atoms with Crippen LogP contribution in [0.25, 0.3) is 0 Å². The highest BCUT2D eigenvalue weighted by Gasteiger charge is 2.12. The monoisotopic (exact) mass is 230 g/mol. The summed E-state index contributed by atoms with van der Waals surface area (Å²) in [6.07, 6.45) is 0. The van der Waals surface area contributed by atoms with Gasteiger partial charge < -0.3 is 11.1 Å². The molecule has 1 aromatic rings. The summed E-state index contributed by atoms with van der Waals surface area (Å²) in [5.41, 5.74) is 6.45. The van der Waals surface area contributed by atoms with E-state index in [0.717, 1.165) is 5.56 Å². The molecule has 1 atom stereocenters. The molecule has 1 aromatic carbocycles. The summed E-state index contributed by atoms with van der Waals surface area (Å²) in [6.45, 7) is 4.48. The molecule has 15 heavy (non-hydrogen) atoms. The predicted molar refractivity (Wildman–Crippen MR) is 61.5 cm³/mol. The smallest absolute Gasteiger partial charge is 0.142 e. The molecule has 1 unspecified atom stereocenters. The van der Waals surface area contributed by atoms with Crippen LogP contribution >= 0.6 is 11.6 Å². The molecular weight excluding hydrogens is 215 g/mol. The number of benzene rings is 1. The van der Waals surface area contributed by atoms with Crippen molar-refractivity contribution in [1.82, 2.24) is 5.32 Å². The van der Waals surface area contributed by atoms with Gasteiger partial charge in [0.25, 0.3) is 0 Å². The second-order valence-electron chi connectivity index (χ2n) is 3.78. The molecule has 0 bridgehead atoms. The Balaban J connectivity index is 2.87. The molecule has 4 heteroatoms. The van der Waals surface area contributed by atoms with Crippen LogP contribution in [0, 0.1) is 5.82 Å². The van der Waals surface area contributed by atoms with E-state index >= 15 is 0 Å². The van der Waals surface area contributed by atoms with Crippen molar-refractivity contribution in [1.29, 1.82) is 0 Å². The van der Waals surface area contributed by atoms with Gasteiger partial charge in [-0.25, -0.2) is 4.39 Å². The zero-order valence-electron chi connectivity index (χ0n) is 8.93. The Bertz CT molecular complexity index is 328. The lowest BCUT2D eigenvalue weighted by atomic mass is 10.1. The maximum Gasteiger partial charge on any atom is 0.142 e. The molecule has 0 aliphatic heterocycles. The van der Waals surface area contributed by atoms with Crippen molar-refractivity contribution in [2.24, 2.45) is 5.73 Å². The third-order valence-corrected chi connectivity index (χ3v) is 2.42. The molecular formula is C11H16ClFN2. The lowest BCUT2D eigenvalue weighted by molar-refractivity contribution is 0.481. The second-order valence-corrected chi connectivity index (χ2v) is 4.19. The summed E-state index contributed by atoms with van der Waals surface area (Å²) in [6, 6.07) is 5.04. The van der Waals surface area contributed by atoms with Gasteiger partial charge in [-0.2, -0.15) is 0 Å². The number of halogens is 2. The van der Waals surface area contributed by atoms with E-state index in [1.807, 2.05) is 13.8 Å². The zero-order chi connectivity index (χ0) is 11.4. The Morgan fingerprint density at radius 2 is 2.13 bits per heavy atom. The van der Waals surface area contributed by atoms with E-state index < -0.39 is 5.82 Å². The molecule has 0 saturated carbocycles. The van der Waals surface area contributed by atoms with Crippen LogP contribution in [0.4, 0.5) is 4.39 Å². The van der Waals surface area contributed by atoms with Gasteiger partial charge in [0.15, 0.2) is 0 Å². The molecule has 3 N–H and O–H groups in total. The number of rotatable bonds is 4. The van der Waals surface area contributed by atoms with Crippen LogP contribution in [0.5, 0.6) is 0 Å². The third-order valence-electron chi connectivity index (χ3n) is 2.12. The molecule has 0 saturated heterocycles. The van der Waals surface area contributed by atoms with E-state index in [2.05, 4.69) is 5.32 Å². The summed E-state index contributed by atoms with van der Waals surface area (Å²) >= 11 is 5.61. The molecule has 0 aliphatic rings. The highest BCUT2D eigenvalue weighted by atomic mass is 35.5. The fourth-order valence-electron chi connectivity index (χ4n) is 1.43. The SMILES string of the molecule is CC(C)NC(CN)c1ccc(Cl)c(F)c1. The molecule has 2 nitrogen and oxygen atoms in total. The molecule has 0 amide bonds. The average molecular weight is 231 g/mol. The van der Waals surface area contributed by atoms with Crippen LogP contribution in [0.15, 0.2) is 18.2 Å². The standard InChI is InChI=1S/C11H16ClFN2/c1-7(2)15-11(6-14)8-3-4-9(12)10(13)5-8/h3-5,7,11,15H,6,14H2,1-2H3. The van der Waals surface area contributed by atoms with Gasteiger partial charge in [-0.05, 0) is 17.7 Å². The Morgan fingerprint density at radius 3 is 2.60 bits per heavy atom. The quantitative estimate of drug-likeness (QED) is 0.834. The predicted octanol–water partition coefficient (Wildman–Crippen LogP) is 2.48. The largest absolute Gasteiger partial charge is 0.329 e. The van der Waals surface area contributed by atoms with Gasteiger partial charge >= 0.3 is 0 Å². The fourth-order valence-corrected chi connectivity index (χ4v) is 1.55. The van der Waals surface area contributed by atoms with Crippen molar-refractivity contribution < 1.29 is 4.39 Å². The number of hydrogen-bond donors (Lipinski definition) is 2. The lowest BCUT2D eigenvalue weighted by Crippen LogP contribution is -2.33. The van der Waals surface area contributed by atoms with Gasteiger partial charge in [0.05, 0.1) is 5.02 Å². The zero-order valence-corrected chi connectivity index (χ0v) is 9.68. The van der Waals surface area contributed by atoms with Gasteiger partial charge in [-0.3, -0.25) is 0 Å². The van der Waals surface area contributed by atoms with E-state index in [1.54, 1.807) is 12.1 Å². The van der Waals surface area contributed by atoms with Gasteiger partial charge in [0.1, 0.15) is 5.82 Å². The van der Waals surface area contributed by atoms with E-state index in [4.69, 9.17) is 17.3 Å². The summed E-state index contributed by atoms with van der Waals surface area (Å²) < 4.78 is 13.2. The second kappa shape index (κ2) is 5.45. The van der Waals surface area contributed by atoms with Crippen LogP contribution in [-0.4, -0.2) is 12.6 Å². The molecule has 0 heterocycles. The summed E-state index contributed by atoms with van der Waals surface area (Å²) in [4.78, 5) is 0. The van der Waals surface area contributed by atoms with Crippen molar-refractivity contribution in [3.05, 3.63) is 34.6 Å². The summed E-state index contributed by atoms with van der Waals surface area (Å²) in [7, 11) is 0. The molecule has 84 valence electrons. The third kappa shape index (κ3) is 3.45. The first-order valence-electron chi connectivity index (χ1n) is 4.95. The van der Waals surface area contributed by atoms with Crippen molar-refractivity contribution in [2.75, 3.05) is 6.54 Å². The highest BCUT2D eigenvalue weighted by molar-refractivity contribution is 6.30. The van der Waals surface area contributed by atoms with Crippen LogP contribution in [0.2, 0.25) is 5.02 Å². The van der Waals surface area contributed by atoms with Crippen LogP contribution in [0.3, 0.4) is 0 Å². The van der Waals surface area contributed by atoms with Crippen molar-refractivity contribution in [3.63, 3.8) is 0 Å². The highest BCUT2D eigenvalue weighted by Crippen LogP contribution is 2.20. The molecule has 0 aliphatic carbocycles. The number of nitrogens with two attached hydrogens (primary N) is 1. The Hall–Kier alpha value is -0.640. The number of hydrogen-bond acceptors (Lipinski definition) is 2. The van der Waals surface area contributed by atoms with Crippen LogP contribution in [0.1, 0.15) is 25.5 Å². The summed E-state index contributed by atoms with van der Waals surface area (Å²) in [5, 5.41) is 3.40. The van der Waals surface area contributed by atoms with E-state index in [-0.39, 0.29) is 11.1 Å². The van der Waals surface area contributed by atoms with Crippen molar-refractivity contribution >= 4 is 11.6 Å². The van der Waals surface area contributed by atoms with Gasteiger partial charge in [0.2, 0.25) is 0 Å². The average Bonchev–Trinajstić information content (AvgIpc) is 2.18. The molecule has 0 spiro atoms. The molecule has 0 radical (unpaired) electrons. The van der Waals surface area contributed by atoms with Crippen molar-refractivity contribution in [2.45, 2.75) is 25.9 Å². The number of nitrogens with one attached hydrogen (secondary N) is 1. The van der Waals surface area contributed by atoms with Crippen LogP contribution < -0.4 is 11.1 Å². The Morgan fingerprint density at radius 1 is 1.47 bits per heavy atom. The maximum atomic E-state index is 13.2. The first-order chi connectivity index (χ1) is 7.04. The van der Waals surface area contributed by atoms with E-state index in [1.165, 1.54) is 6.07 Å². The van der Waals surface area contributed by atoms with E-state index in [0.29, 0.717) is 12.6 Å². The minimum Gasteiger partial charge on any atom is -0.329 e. The minimum atomic E-state index is -0.404. The first kappa shape index (κ1) is 12.4. The van der Waals surface area contributed by atoms with Gasteiger partial charge in [-0.1, -0.05) is 31.5 Å². The van der Waals surface area contributed by atoms with Crippen LogP contribution in [-0.2, 0) is 0 Å². The molecule has 0 fully saturated rings. The minimum absolute atomic E-state index is 0.0308.